The predicted octanol–water partition coefficient (Wildman–Crippen LogP) is 3.52. The monoisotopic (exact) mass is 380 g/mol. The van der Waals surface area contributed by atoms with Crippen molar-refractivity contribution in [3.8, 4) is 11.5 Å². The van der Waals surface area contributed by atoms with Crippen LogP contribution in [0.5, 0.6) is 11.5 Å². The third-order valence-corrected chi connectivity index (χ3v) is 3.60. The molecule has 3 aromatic rings. The van der Waals surface area contributed by atoms with Gasteiger partial charge in [0.1, 0.15) is 5.75 Å². The lowest BCUT2D eigenvalue weighted by Crippen LogP contribution is -2.39. The Hall–Kier alpha value is -3.94. The molecule has 0 radical (unpaired) electrons. The first kappa shape index (κ1) is 18.8. The summed E-state index contributed by atoms with van der Waals surface area (Å²) in [6.45, 7) is -0.0781. The normalized spacial score (nSPS) is 10.0. The first-order valence-corrected chi connectivity index (χ1v) is 8.37. The summed E-state index contributed by atoms with van der Waals surface area (Å²) in [4.78, 5) is 27.6. The molecule has 0 saturated carbocycles. The zero-order valence-corrected chi connectivity index (χ0v) is 14.7. The van der Waals surface area contributed by atoms with Crippen LogP contribution >= 0.6 is 0 Å². The lowest BCUT2D eigenvalue weighted by atomic mass is 10.2. The highest BCUT2D eigenvalue weighted by molar-refractivity contribution is 5.94. The Balaban J connectivity index is 1.49. The second-order valence-corrected chi connectivity index (χ2v) is 5.61. The van der Waals surface area contributed by atoms with E-state index < -0.39 is 11.8 Å². The summed E-state index contributed by atoms with van der Waals surface area (Å²) in [7, 11) is 0. The molecule has 7 nitrogen and oxygen atoms in total. The summed E-state index contributed by atoms with van der Waals surface area (Å²) in [5, 5.41) is 7.50. The number of anilines is 1. The Morgan fingerprint density at radius 1 is 0.964 bits per heavy atom. The van der Waals surface area contributed by atoms with Crippen molar-refractivity contribution in [2.45, 2.75) is 0 Å². The highest BCUT2D eigenvalue weighted by atomic mass is 19.1. The highest BCUT2D eigenvalue weighted by Gasteiger charge is 2.09. The zero-order chi connectivity index (χ0) is 19.8. The molecule has 0 fully saturated rings. The molecule has 3 N–H and O–H groups in total. The minimum absolute atomic E-state index is 0.0206. The van der Waals surface area contributed by atoms with Crippen molar-refractivity contribution < 1.29 is 18.7 Å². The van der Waals surface area contributed by atoms with Gasteiger partial charge in [-0.05, 0) is 36.4 Å². The number of hydrogen-bond donors (Lipinski definition) is 3. The van der Waals surface area contributed by atoms with Crippen LogP contribution in [0.2, 0.25) is 0 Å². The summed E-state index contributed by atoms with van der Waals surface area (Å²) >= 11 is 0. The van der Waals surface area contributed by atoms with E-state index >= 15 is 0 Å². The summed E-state index contributed by atoms with van der Waals surface area (Å²) in [6, 6.07) is 15.3. The van der Waals surface area contributed by atoms with Crippen LogP contribution < -0.4 is 20.7 Å². The fraction of sp³-hybridized carbons (Fsp3) is 0.0500. The van der Waals surface area contributed by atoms with Crippen LogP contribution in [0.15, 0.2) is 73.1 Å². The van der Waals surface area contributed by atoms with E-state index in [1.54, 1.807) is 42.5 Å². The maximum Gasteiger partial charge on any atom is 0.320 e. The fourth-order valence-electron chi connectivity index (χ4n) is 2.27. The van der Waals surface area contributed by atoms with E-state index in [-0.39, 0.29) is 24.0 Å². The van der Waals surface area contributed by atoms with Crippen LogP contribution in [-0.4, -0.2) is 23.6 Å². The minimum Gasteiger partial charge on any atom is -0.454 e. The largest absolute Gasteiger partial charge is 0.454 e. The van der Waals surface area contributed by atoms with Gasteiger partial charge >= 0.3 is 6.03 Å². The number of carbonyl (C=O) groups excluding carboxylic acids is 2. The number of hydrogen-bond acceptors (Lipinski definition) is 4. The number of nitrogens with zero attached hydrogens (tertiary/aromatic N) is 1. The number of carbonyl (C=O) groups is 2. The minimum atomic E-state index is -0.632. The molecule has 142 valence electrons. The molecule has 3 amide bonds. The molecule has 0 aliphatic heterocycles. The van der Waals surface area contributed by atoms with Gasteiger partial charge in [0.25, 0.3) is 5.91 Å². The van der Waals surface area contributed by atoms with E-state index in [4.69, 9.17) is 4.74 Å². The molecule has 1 heterocycles. The summed E-state index contributed by atoms with van der Waals surface area (Å²) in [6.07, 6.45) is 3.06. The predicted molar refractivity (Wildman–Crippen MR) is 102 cm³/mol. The molecule has 0 saturated heterocycles. The Bertz CT molecular complexity index is 952. The molecule has 0 spiro atoms. The SMILES string of the molecule is O=C(NCNC(=O)c1ccccc1)Nc1ccc(Oc2ccncc2)c(F)c1. The van der Waals surface area contributed by atoms with E-state index in [1.807, 2.05) is 0 Å². The second-order valence-electron chi connectivity index (χ2n) is 5.61. The quantitative estimate of drug-likeness (QED) is 0.571. The number of nitrogens with one attached hydrogen (secondary N) is 3. The molecule has 3 rings (SSSR count). The number of aromatic nitrogens is 1. The molecule has 28 heavy (non-hydrogen) atoms. The second kappa shape index (κ2) is 9.13. The molecule has 8 heteroatoms. The number of pyridine rings is 1. The van der Waals surface area contributed by atoms with Gasteiger partial charge in [0.2, 0.25) is 0 Å². The number of amides is 3. The summed E-state index contributed by atoms with van der Waals surface area (Å²) < 4.78 is 19.6. The Kier molecular flexibility index (Phi) is 6.14. The molecule has 0 atom stereocenters. The Labute approximate surface area is 160 Å². The highest BCUT2D eigenvalue weighted by Crippen LogP contribution is 2.26. The van der Waals surface area contributed by atoms with Gasteiger partial charge in [-0.15, -0.1) is 0 Å². The van der Waals surface area contributed by atoms with Gasteiger partial charge in [-0.25, -0.2) is 9.18 Å². The van der Waals surface area contributed by atoms with E-state index in [9.17, 15) is 14.0 Å². The van der Waals surface area contributed by atoms with Crippen LogP contribution in [-0.2, 0) is 0 Å². The van der Waals surface area contributed by atoms with Crippen molar-refractivity contribution in [1.82, 2.24) is 15.6 Å². The van der Waals surface area contributed by atoms with Gasteiger partial charge in [0.15, 0.2) is 11.6 Å². The average molecular weight is 380 g/mol. The molecule has 0 unspecified atom stereocenters. The molecule has 2 aromatic carbocycles. The number of urea groups is 1. The van der Waals surface area contributed by atoms with Crippen molar-refractivity contribution in [2.24, 2.45) is 0 Å². The standard InChI is InChI=1S/C20H17FN4O3/c21-17-12-15(6-7-18(17)28-16-8-10-22-11-9-16)25-20(27)24-13-23-19(26)14-4-2-1-3-5-14/h1-12H,13H2,(H,23,26)(H2,24,25,27). The lowest BCUT2D eigenvalue weighted by molar-refractivity contribution is 0.0952. The third kappa shape index (κ3) is 5.28. The van der Waals surface area contributed by atoms with Gasteiger partial charge in [-0.1, -0.05) is 18.2 Å². The zero-order valence-electron chi connectivity index (χ0n) is 14.7. The molecule has 0 aliphatic carbocycles. The van der Waals surface area contributed by atoms with Crippen molar-refractivity contribution in [3.63, 3.8) is 0 Å². The van der Waals surface area contributed by atoms with Crippen molar-refractivity contribution >= 4 is 17.6 Å². The van der Waals surface area contributed by atoms with E-state index in [0.717, 1.165) is 6.07 Å². The van der Waals surface area contributed by atoms with Gasteiger partial charge < -0.3 is 20.7 Å². The van der Waals surface area contributed by atoms with Gasteiger partial charge in [0, 0.05) is 29.7 Å². The van der Waals surface area contributed by atoms with Crippen molar-refractivity contribution in [2.75, 3.05) is 12.0 Å². The molecular formula is C20H17FN4O3. The Morgan fingerprint density at radius 3 is 2.43 bits per heavy atom. The third-order valence-electron chi connectivity index (χ3n) is 3.60. The Morgan fingerprint density at radius 2 is 1.71 bits per heavy atom. The number of ether oxygens (including phenoxy) is 1. The molecule has 0 bridgehead atoms. The van der Waals surface area contributed by atoms with Crippen LogP contribution in [0.4, 0.5) is 14.9 Å². The van der Waals surface area contributed by atoms with Crippen LogP contribution in [0.25, 0.3) is 0 Å². The van der Waals surface area contributed by atoms with Crippen LogP contribution in [0.1, 0.15) is 10.4 Å². The maximum absolute atomic E-state index is 14.2. The van der Waals surface area contributed by atoms with Crippen LogP contribution in [0.3, 0.4) is 0 Å². The lowest BCUT2D eigenvalue weighted by Gasteiger charge is -2.11. The maximum atomic E-state index is 14.2. The number of benzene rings is 2. The molecule has 0 aliphatic rings. The number of halogens is 1. The fourth-order valence-corrected chi connectivity index (χ4v) is 2.27. The topological polar surface area (TPSA) is 92.4 Å². The molecule has 1 aromatic heterocycles. The smallest absolute Gasteiger partial charge is 0.320 e. The van der Waals surface area contributed by atoms with E-state index in [2.05, 4.69) is 20.9 Å². The van der Waals surface area contributed by atoms with E-state index in [1.165, 1.54) is 24.5 Å². The van der Waals surface area contributed by atoms with Crippen molar-refractivity contribution in [1.29, 1.82) is 0 Å². The van der Waals surface area contributed by atoms with Gasteiger partial charge in [0.05, 0.1) is 6.67 Å². The first-order valence-electron chi connectivity index (χ1n) is 8.37. The number of rotatable bonds is 6. The van der Waals surface area contributed by atoms with Gasteiger partial charge in [-0.2, -0.15) is 0 Å². The molecular weight excluding hydrogens is 363 g/mol. The van der Waals surface area contributed by atoms with Gasteiger partial charge in [-0.3, -0.25) is 9.78 Å². The summed E-state index contributed by atoms with van der Waals surface area (Å²) in [5.41, 5.74) is 0.725. The summed E-state index contributed by atoms with van der Waals surface area (Å²) in [5.74, 6) is -0.481. The average Bonchev–Trinajstić information content (AvgIpc) is 2.71. The first-order chi connectivity index (χ1) is 13.6. The van der Waals surface area contributed by atoms with Crippen LogP contribution in [0, 0.1) is 5.82 Å². The van der Waals surface area contributed by atoms with Crippen molar-refractivity contribution in [3.05, 3.63) is 84.4 Å². The van der Waals surface area contributed by atoms with E-state index in [0.29, 0.717) is 11.3 Å².